The van der Waals surface area contributed by atoms with E-state index in [-0.39, 0.29) is 16.9 Å². The maximum atomic E-state index is 12.4. The smallest absolute Gasteiger partial charge is 0.298 e. The molecule has 0 aliphatic carbocycles. The molecule has 6 heteroatoms. The largest absolute Gasteiger partial charge is 0.507 e. The summed E-state index contributed by atoms with van der Waals surface area (Å²) in [4.78, 5) is 26.1. The number of carbonyl (C=O) groups excluding carboxylic acids is 2. The number of amides is 2. The van der Waals surface area contributed by atoms with E-state index in [9.17, 15) is 14.7 Å². The lowest BCUT2D eigenvalue weighted by Gasteiger charge is -2.11. The van der Waals surface area contributed by atoms with E-state index in [0.717, 1.165) is 17.3 Å². The van der Waals surface area contributed by atoms with Crippen LogP contribution in [0.3, 0.4) is 0 Å². The molecular formula is C16H10INO3S. The number of nitrogens with zero attached hydrogens (tertiary/aromatic N) is 1. The van der Waals surface area contributed by atoms with Gasteiger partial charge < -0.3 is 5.11 Å². The minimum Gasteiger partial charge on any atom is -0.507 e. The highest BCUT2D eigenvalue weighted by molar-refractivity contribution is 14.1. The molecule has 0 bridgehead atoms. The highest BCUT2D eigenvalue weighted by Crippen LogP contribution is 2.35. The number of anilines is 1. The molecule has 0 spiro atoms. The molecule has 3 rings (SSSR count). The first-order chi connectivity index (χ1) is 10.6. The summed E-state index contributed by atoms with van der Waals surface area (Å²) in [6, 6.07) is 13.9. The third-order valence-corrected chi connectivity index (χ3v) is 4.81. The van der Waals surface area contributed by atoms with Crippen molar-refractivity contribution in [2.45, 2.75) is 0 Å². The summed E-state index contributed by atoms with van der Waals surface area (Å²) in [5.74, 6) is -0.139. The lowest BCUT2D eigenvalue weighted by atomic mass is 10.2. The zero-order valence-electron chi connectivity index (χ0n) is 11.2. The summed E-state index contributed by atoms with van der Waals surface area (Å²) in [5, 5.41) is 9.22. The summed E-state index contributed by atoms with van der Waals surface area (Å²) >= 11 is 2.93. The van der Waals surface area contributed by atoms with Crippen molar-refractivity contribution in [3.63, 3.8) is 0 Å². The van der Waals surface area contributed by atoms with Gasteiger partial charge in [0.1, 0.15) is 5.75 Å². The Morgan fingerprint density at radius 2 is 1.82 bits per heavy atom. The van der Waals surface area contributed by atoms with Gasteiger partial charge in [-0.15, -0.1) is 0 Å². The summed E-state index contributed by atoms with van der Waals surface area (Å²) in [7, 11) is 0. The van der Waals surface area contributed by atoms with Crippen molar-refractivity contribution in [1.29, 1.82) is 0 Å². The second kappa shape index (κ2) is 6.13. The van der Waals surface area contributed by atoms with E-state index in [1.807, 2.05) is 28.7 Å². The molecule has 2 aromatic carbocycles. The first kappa shape index (κ1) is 15.1. The standard InChI is InChI=1S/C16H10INO3S/c17-12-8-10(6-7-13(12)19)9-14-15(20)18(16(21)22-14)11-4-2-1-3-5-11/h1-9,19H. The van der Waals surface area contributed by atoms with Crippen molar-refractivity contribution in [3.8, 4) is 5.75 Å². The van der Waals surface area contributed by atoms with Gasteiger partial charge in [0.25, 0.3) is 11.1 Å². The number of rotatable bonds is 2. The van der Waals surface area contributed by atoms with Crippen LogP contribution in [0.15, 0.2) is 53.4 Å². The number of para-hydroxylation sites is 1. The number of phenolic OH excluding ortho intramolecular Hbond substituents is 1. The molecule has 110 valence electrons. The van der Waals surface area contributed by atoms with E-state index in [4.69, 9.17) is 0 Å². The third-order valence-electron chi connectivity index (χ3n) is 3.08. The quantitative estimate of drug-likeness (QED) is 0.580. The number of halogens is 1. The summed E-state index contributed by atoms with van der Waals surface area (Å²) < 4.78 is 0.689. The highest BCUT2D eigenvalue weighted by atomic mass is 127. The van der Waals surface area contributed by atoms with Crippen molar-refractivity contribution < 1.29 is 14.7 Å². The number of imide groups is 1. The zero-order chi connectivity index (χ0) is 15.7. The minimum absolute atomic E-state index is 0.190. The number of phenols is 1. The van der Waals surface area contributed by atoms with Crippen LogP contribution in [0.2, 0.25) is 0 Å². The minimum atomic E-state index is -0.329. The maximum Gasteiger partial charge on any atom is 0.298 e. The van der Waals surface area contributed by atoms with Crippen molar-refractivity contribution in [2.75, 3.05) is 4.90 Å². The van der Waals surface area contributed by atoms with Gasteiger partial charge in [0.05, 0.1) is 14.2 Å². The number of hydrogen-bond acceptors (Lipinski definition) is 4. The zero-order valence-corrected chi connectivity index (χ0v) is 14.2. The Hall–Kier alpha value is -1.80. The van der Waals surface area contributed by atoms with Crippen molar-refractivity contribution in [2.24, 2.45) is 0 Å². The molecule has 1 fully saturated rings. The van der Waals surface area contributed by atoms with Crippen LogP contribution in [-0.4, -0.2) is 16.3 Å². The van der Waals surface area contributed by atoms with Gasteiger partial charge in [-0.3, -0.25) is 9.59 Å². The van der Waals surface area contributed by atoms with E-state index < -0.39 is 0 Å². The number of thioether (sulfide) groups is 1. The summed E-state index contributed by atoms with van der Waals surface area (Å²) in [6.07, 6.45) is 1.66. The molecule has 0 aromatic heterocycles. The molecule has 0 saturated carbocycles. The molecule has 1 aliphatic heterocycles. The average molecular weight is 423 g/mol. The summed E-state index contributed by atoms with van der Waals surface area (Å²) in [5.41, 5.74) is 1.33. The van der Waals surface area contributed by atoms with Crippen molar-refractivity contribution >= 4 is 57.3 Å². The molecule has 4 nitrogen and oxygen atoms in total. The molecule has 22 heavy (non-hydrogen) atoms. The number of carbonyl (C=O) groups is 2. The SMILES string of the molecule is O=C1SC(=Cc2ccc(O)c(I)c2)C(=O)N1c1ccccc1. The fourth-order valence-electron chi connectivity index (χ4n) is 2.03. The fraction of sp³-hybridized carbons (Fsp3) is 0. The van der Waals surface area contributed by atoms with Gasteiger partial charge >= 0.3 is 0 Å². The third kappa shape index (κ3) is 2.89. The highest BCUT2D eigenvalue weighted by Gasteiger charge is 2.36. The van der Waals surface area contributed by atoms with Crippen LogP contribution in [0.5, 0.6) is 5.75 Å². The van der Waals surface area contributed by atoms with E-state index in [2.05, 4.69) is 0 Å². The van der Waals surface area contributed by atoms with E-state index >= 15 is 0 Å². The van der Waals surface area contributed by atoms with Crippen molar-refractivity contribution in [3.05, 3.63) is 62.6 Å². The first-order valence-corrected chi connectivity index (χ1v) is 8.27. The molecule has 1 N–H and O–H groups in total. The second-order valence-electron chi connectivity index (χ2n) is 4.56. The Balaban J connectivity index is 1.93. The van der Waals surface area contributed by atoms with Gasteiger partial charge in [-0.2, -0.15) is 0 Å². The Morgan fingerprint density at radius 1 is 1.09 bits per heavy atom. The van der Waals surface area contributed by atoms with Crippen LogP contribution >= 0.6 is 34.4 Å². The van der Waals surface area contributed by atoms with E-state index in [1.54, 1.807) is 48.5 Å². The van der Waals surface area contributed by atoms with E-state index in [1.165, 1.54) is 4.90 Å². The molecule has 1 heterocycles. The van der Waals surface area contributed by atoms with Gasteiger partial charge in [-0.05, 0) is 70.3 Å². The molecule has 2 amide bonds. The van der Waals surface area contributed by atoms with Crippen LogP contribution < -0.4 is 4.90 Å². The van der Waals surface area contributed by atoms with Crippen molar-refractivity contribution in [1.82, 2.24) is 0 Å². The second-order valence-corrected chi connectivity index (χ2v) is 6.72. The molecule has 0 atom stereocenters. The predicted molar refractivity (Wildman–Crippen MR) is 95.7 cm³/mol. The number of hydrogen-bond donors (Lipinski definition) is 1. The van der Waals surface area contributed by atoms with Crippen LogP contribution in [0.1, 0.15) is 5.56 Å². The fourth-order valence-corrected chi connectivity index (χ4v) is 3.41. The Labute approximate surface area is 145 Å². The molecule has 0 radical (unpaired) electrons. The number of benzene rings is 2. The average Bonchev–Trinajstić information content (AvgIpc) is 2.78. The summed E-state index contributed by atoms with van der Waals surface area (Å²) in [6.45, 7) is 0. The van der Waals surface area contributed by atoms with E-state index in [0.29, 0.717) is 14.2 Å². The molecule has 2 aromatic rings. The predicted octanol–water partition coefficient (Wildman–Crippen LogP) is 4.24. The molecule has 1 aliphatic rings. The van der Waals surface area contributed by atoms with Crippen LogP contribution in [0.4, 0.5) is 10.5 Å². The van der Waals surface area contributed by atoms with Gasteiger partial charge in [0, 0.05) is 0 Å². The van der Waals surface area contributed by atoms with Gasteiger partial charge in [-0.25, -0.2) is 4.90 Å². The first-order valence-electron chi connectivity index (χ1n) is 6.38. The molecule has 0 unspecified atom stereocenters. The van der Waals surface area contributed by atoms with Crippen LogP contribution in [0.25, 0.3) is 6.08 Å². The maximum absolute atomic E-state index is 12.4. The lowest BCUT2D eigenvalue weighted by Crippen LogP contribution is -2.27. The number of aromatic hydroxyl groups is 1. The lowest BCUT2D eigenvalue weighted by molar-refractivity contribution is -0.113. The van der Waals surface area contributed by atoms with Gasteiger partial charge in [0.2, 0.25) is 0 Å². The Morgan fingerprint density at radius 3 is 2.50 bits per heavy atom. The molecular weight excluding hydrogens is 413 g/mol. The Bertz CT molecular complexity index is 789. The normalized spacial score (nSPS) is 16.6. The Kier molecular flexibility index (Phi) is 4.21. The topological polar surface area (TPSA) is 57.6 Å². The monoisotopic (exact) mass is 423 g/mol. The van der Waals surface area contributed by atoms with Crippen LogP contribution in [-0.2, 0) is 4.79 Å². The van der Waals surface area contributed by atoms with Gasteiger partial charge in [0.15, 0.2) is 0 Å². The van der Waals surface area contributed by atoms with Gasteiger partial charge in [-0.1, -0.05) is 24.3 Å². The molecule has 1 saturated heterocycles. The van der Waals surface area contributed by atoms with Crippen LogP contribution in [0, 0.1) is 3.57 Å².